The van der Waals surface area contributed by atoms with Crippen molar-refractivity contribution in [2.45, 2.75) is 52.1 Å². The smallest absolute Gasteiger partial charge is 0.277 e. The molecule has 1 amide bonds. The Bertz CT molecular complexity index is 960. The maximum Gasteiger partial charge on any atom is 0.277 e. The Labute approximate surface area is 186 Å². The fourth-order valence-electron chi connectivity index (χ4n) is 4.23. The average Bonchev–Trinajstić information content (AvgIpc) is 3.11. The number of nitrogens with zero attached hydrogens (tertiary/aromatic N) is 4. The number of hydrogen-bond donors (Lipinski definition) is 1. The number of amides is 1. The van der Waals surface area contributed by atoms with Crippen LogP contribution in [0.2, 0.25) is 0 Å². The van der Waals surface area contributed by atoms with Crippen molar-refractivity contribution in [3.8, 4) is 10.6 Å². The number of halogens is 2. The summed E-state index contributed by atoms with van der Waals surface area (Å²) in [6.07, 6.45) is 3.12. The summed E-state index contributed by atoms with van der Waals surface area (Å²) in [4.78, 5) is 33.3. The summed E-state index contributed by atoms with van der Waals surface area (Å²) >= 11 is 1.33. The lowest BCUT2D eigenvalue weighted by atomic mass is 10.1. The Hall–Kier alpha value is -1.48. The molecule has 10 heteroatoms. The van der Waals surface area contributed by atoms with Gasteiger partial charge in [0, 0.05) is 25.7 Å². The third kappa shape index (κ3) is 4.08. The zero-order chi connectivity index (χ0) is 19.3. The van der Waals surface area contributed by atoms with Crippen molar-refractivity contribution < 1.29 is 4.79 Å². The molecule has 7 nitrogen and oxygen atoms in total. The number of hydrogen-bond acceptors (Lipinski definition) is 6. The van der Waals surface area contributed by atoms with E-state index >= 15 is 0 Å². The number of thiazole rings is 1. The molecular weight excluding hydrogens is 433 g/mol. The van der Waals surface area contributed by atoms with E-state index in [2.05, 4.69) is 20.3 Å². The molecule has 1 N–H and O–H groups in total. The van der Waals surface area contributed by atoms with Crippen molar-refractivity contribution in [3.05, 3.63) is 32.2 Å². The van der Waals surface area contributed by atoms with Gasteiger partial charge in [0.1, 0.15) is 9.88 Å². The average molecular weight is 460 g/mol. The maximum atomic E-state index is 13.4. The number of carbonyl (C=O) groups is 1. The molecule has 0 aromatic carbocycles. The zero-order valence-corrected chi connectivity index (χ0v) is 19.5. The molecule has 2 bridgehead atoms. The van der Waals surface area contributed by atoms with E-state index in [1.165, 1.54) is 16.0 Å². The van der Waals surface area contributed by atoms with Crippen molar-refractivity contribution in [2.24, 2.45) is 7.05 Å². The van der Waals surface area contributed by atoms with Crippen molar-refractivity contribution in [2.75, 3.05) is 13.1 Å². The van der Waals surface area contributed by atoms with E-state index in [1.807, 2.05) is 20.8 Å². The Morgan fingerprint density at radius 1 is 1.10 bits per heavy atom. The Kier molecular flexibility index (Phi) is 7.48. The monoisotopic (exact) mass is 459 g/mol. The third-order valence-electron chi connectivity index (χ3n) is 5.82. The first-order chi connectivity index (χ1) is 12.9. The quantitative estimate of drug-likeness (QED) is 0.746. The lowest BCUT2D eigenvalue weighted by Crippen LogP contribution is -2.42. The molecule has 0 aliphatic carbocycles. The number of aryl methyl sites for hydroxylation is 3. The van der Waals surface area contributed by atoms with Gasteiger partial charge < -0.3 is 10.2 Å². The number of rotatable bonds is 2. The summed E-state index contributed by atoms with van der Waals surface area (Å²) in [5.41, 5.74) is 2.70. The summed E-state index contributed by atoms with van der Waals surface area (Å²) in [5.74, 6) is 0.0627. The molecule has 2 atom stereocenters. The predicted octanol–water partition coefficient (Wildman–Crippen LogP) is 2.64. The lowest BCUT2D eigenvalue weighted by molar-refractivity contribution is 0.0684. The lowest BCUT2D eigenvalue weighted by Gasteiger charge is -2.27. The Balaban J connectivity index is 0.00000150. The fourth-order valence-corrected chi connectivity index (χ4v) is 5.34. The Morgan fingerprint density at radius 3 is 2.52 bits per heavy atom. The molecule has 4 heterocycles. The first-order valence-corrected chi connectivity index (χ1v) is 10.3. The molecule has 0 spiro atoms. The molecule has 2 aliphatic heterocycles. The highest BCUT2D eigenvalue weighted by molar-refractivity contribution is 7.17. The second-order valence-electron chi connectivity index (χ2n) is 7.54. The van der Waals surface area contributed by atoms with Gasteiger partial charge in [0.05, 0.1) is 17.0 Å². The van der Waals surface area contributed by atoms with Crippen molar-refractivity contribution in [1.82, 2.24) is 25.0 Å². The molecule has 29 heavy (non-hydrogen) atoms. The van der Waals surface area contributed by atoms with Crippen LogP contribution in [0.3, 0.4) is 0 Å². The minimum absolute atomic E-state index is 0. The van der Waals surface area contributed by atoms with Gasteiger partial charge in [-0.05, 0) is 52.1 Å². The van der Waals surface area contributed by atoms with Crippen LogP contribution >= 0.6 is 36.2 Å². The molecule has 2 saturated heterocycles. The second kappa shape index (κ2) is 9.12. The normalized spacial score (nSPS) is 20.6. The molecular formula is C19H27Cl2N5O2S. The van der Waals surface area contributed by atoms with Crippen LogP contribution < -0.4 is 10.9 Å². The highest BCUT2D eigenvalue weighted by Crippen LogP contribution is 2.34. The van der Waals surface area contributed by atoms with E-state index in [-0.39, 0.29) is 42.3 Å². The standard InChI is InChI=1S/C19H25N5O2S.2ClH/c1-10-11(2)22-23(4)18(25)15(10)17-21-12(3)16(27-17)19(26)24-13-5-6-14(24)9-20-8-7-13;;/h13-14,20H,5-9H2,1-4H3;2*1H. The third-order valence-corrected chi connectivity index (χ3v) is 6.98. The summed E-state index contributed by atoms with van der Waals surface area (Å²) in [6, 6.07) is 0.563. The van der Waals surface area contributed by atoms with Crippen LogP contribution in [0.4, 0.5) is 0 Å². The van der Waals surface area contributed by atoms with Gasteiger partial charge in [0.2, 0.25) is 0 Å². The van der Waals surface area contributed by atoms with Gasteiger partial charge in [-0.3, -0.25) is 9.59 Å². The van der Waals surface area contributed by atoms with Crippen LogP contribution in [-0.4, -0.2) is 50.7 Å². The van der Waals surface area contributed by atoms with Crippen LogP contribution in [0.15, 0.2) is 4.79 Å². The fraction of sp³-hybridized carbons (Fsp3) is 0.579. The predicted molar refractivity (Wildman–Crippen MR) is 120 cm³/mol. The van der Waals surface area contributed by atoms with Crippen molar-refractivity contribution >= 4 is 42.1 Å². The second-order valence-corrected chi connectivity index (χ2v) is 8.54. The van der Waals surface area contributed by atoms with Gasteiger partial charge in [-0.1, -0.05) is 0 Å². The van der Waals surface area contributed by atoms with Gasteiger partial charge in [0.25, 0.3) is 11.5 Å². The summed E-state index contributed by atoms with van der Waals surface area (Å²) in [7, 11) is 1.65. The van der Waals surface area contributed by atoms with Gasteiger partial charge in [-0.25, -0.2) is 9.67 Å². The molecule has 2 unspecified atom stereocenters. The number of fused-ring (bicyclic) bond motifs is 2. The maximum absolute atomic E-state index is 13.4. The van der Waals surface area contributed by atoms with Gasteiger partial charge in [-0.15, -0.1) is 36.2 Å². The van der Waals surface area contributed by atoms with E-state index in [4.69, 9.17) is 0 Å². The first kappa shape index (κ1) is 23.8. The van der Waals surface area contributed by atoms with Crippen LogP contribution in [0.25, 0.3) is 10.6 Å². The minimum Gasteiger partial charge on any atom is -0.331 e. The van der Waals surface area contributed by atoms with E-state index < -0.39 is 0 Å². The van der Waals surface area contributed by atoms with E-state index in [9.17, 15) is 9.59 Å². The Morgan fingerprint density at radius 2 is 1.79 bits per heavy atom. The molecule has 0 radical (unpaired) electrons. The summed E-state index contributed by atoms with van der Waals surface area (Å²) in [6.45, 7) is 7.45. The molecule has 0 saturated carbocycles. The topological polar surface area (TPSA) is 80.1 Å². The molecule has 160 valence electrons. The van der Waals surface area contributed by atoms with E-state index in [0.717, 1.165) is 43.6 Å². The highest BCUT2D eigenvalue weighted by atomic mass is 35.5. The van der Waals surface area contributed by atoms with Crippen LogP contribution in [-0.2, 0) is 7.05 Å². The molecule has 4 rings (SSSR count). The van der Waals surface area contributed by atoms with Crippen molar-refractivity contribution in [3.63, 3.8) is 0 Å². The first-order valence-electron chi connectivity index (χ1n) is 9.44. The van der Waals surface area contributed by atoms with Crippen LogP contribution in [0, 0.1) is 20.8 Å². The van der Waals surface area contributed by atoms with Crippen molar-refractivity contribution in [1.29, 1.82) is 0 Å². The highest BCUT2D eigenvalue weighted by Gasteiger charge is 2.39. The van der Waals surface area contributed by atoms with Gasteiger partial charge in [0.15, 0.2) is 0 Å². The molecule has 2 aliphatic rings. The molecule has 2 fully saturated rings. The summed E-state index contributed by atoms with van der Waals surface area (Å²) in [5, 5.41) is 8.28. The van der Waals surface area contributed by atoms with E-state index in [0.29, 0.717) is 27.2 Å². The molecule has 2 aromatic rings. The van der Waals surface area contributed by atoms with E-state index in [1.54, 1.807) is 7.05 Å². The largest absolute Gasteiger partial charge is 0.331 e. The van der Waals surface area contributed by atoms with Crippen LogP contribution in [0.5, 0.6) is 0 Å². The number of carbonyl (C=O) groups excluding carboxylic acids is 1. The summed E-state index contributed by atoms with van der Waals surface area (Å²) < 4.78 is 1.34. The molecule has 2 aromatic heterocycles. The minimum atomic E-state index is -0.176. The van der Waals surface area contributed by atoms with Gasteiger partial charge >= 0.3 is 0 Å². The number of aromatic nitrogens is 3. The zero-order valence-electron chi connectivity index (χ0n) is 17.0. The SMILES string of the molecule is Cc1nc(-c2c(C)c(C)nn(C)c2=O)sc1C(=O)N1C2CCNCC1CC2.Cl.Cl. The van der Waals surface area contributed by atoms with Crippen LogP contribution in [0.1, 0.15) is 45.9 Å². The number of nitrogens with one attached hydrogen (secondary N) is 1. The van der Waals surface area contributed by atoms with Gasteiger partial charge in [-0.2, -0.15) is 5.10 Å².